The summed E-state index contributed by atoms with van der Waals surface area (Å²) in [5.41, 5.74) is 0. The van der Waals surface area contributed by atoms with Gasteiger partial charge in [-0.2, -0.15) is 0 Å². The van der Waals surface area contributed by atoms with Crippen molar-refractivity contribution in [1.82, 2.24) is 0 Å². The third kappa shape index (κ3) is 8.78. The number of hydrogen-bond acceptors (Lipinski definition) is 3. The van der Waals surface area contributed by atoms with E-state index in [0.29, 0.717) is 0 Å². The van der Waals surface area contributed by atoms with E-state index in [4.69, 9.17) is 0 Å². The van der Waals surface area contributed by atoms with Gasteiger partial charge in [-0.25, -0.2) is 0 Å². The van der Waals surface area contributed by atoms with E-state index in [9.17, 15) is 9.59 Å². The fraction of sp³-hybridized carbons (Fsp3) is 0.600. The van der Waals surface area contributed by atoms with Crippen molar-refractivity contribution in [1.29, 1.82) is 0 Å². The monoisotopic (exact) mass is 155 g/mol. The number of esters is 1. The molecule has 0 aromatic carbocycles. The van der Waals surface area contributed by atoms with Gasteiger partial charge in [0.1, 0.15) is 12.2 Å². The zero-order valence-electron chi connectivity index (χ0n) is 5.93. The van der Waals surface area contributed by atoms with Gasteiger partial charge in [0.15, 0.2) is 0 Å². The Morgan fingerprint density at radius 3 is 2.00 bits per heavy atom. The summed E-state index contributed by atoms with van der Waals surface area (Å²) < 4.78 is 4.20. The van der Waals surface area contributed by atoms with Crippen molar-refractivity contribution in [2.75, 3.05) is 7.11 Å². The summed E-state index contributed by atoms with van der Waals surface area (Å²) in [4.78, 5) is 20.3. The number of ether oxygens (including phenoxy) is 1. The smallest absolute Gasteiger partial charge is 0.313 e. The largest absolute Gasteiger partial charge is 0.469 e. The first-order chi connectivity index (χ1) is 3.66. The van der Waals surface area contributed by atoms with Crippen molar-refractivity contribution in [2.24, 2.45) is 0 Å². The number of rotatable bonds is 2. The van der Waals surface area contributed by atoms with Gasteiger partial charge in [-0.3, -0.25) is 9.59 Å². The minimum absolute atomic E-state index is 0. The fourth-order valence-electron chi connectivity index (χ4n) is 0.275. The molecule has 0 aliphatic heterocycles. The van der Waals surface area contributed by atoms with Crippen molar-refractivity contribution < 1.29 is 14.3 Å². The molecule has 0 aromatic rings. The number of hydrogen-bond donors (Lipinski definition) is 0. The summed E-state index contributed by atoms with van der Waals surface area (Å²) in [5.74, 6) is -0.644. The molecule has 0 heterocycles. The fourth-order valence-corrected chi connectivity index (χ4v) is 0.275. The van der Waals surface area contributed by atoms with Crippen LogP contribution in [0.5, 0.6) is 0 Å². The molecule has 0 unspecified atom stereocenters. The van der Waals surface area contributed by atoms with Gasteiger partial charge in [-0.05, 0) is 6.92 Å². The van der Waals surface area contributed by atoms with Gasteiger partial charge >= 0.3 is 5.97 Å². The summed E-state index contributed by atoms with van der Waals surface area (Å²) in [6, 6.07) is 0. The molecule has 0 aliphatic rings. The molecule has 4 heteroatoms. The van der Waals surface area contributed by atoms with Crippen molar-refractivity contribution in [3.8, 4) is 0 Å². The third-order valence-electron chi connectivity index (χ3n) is 0.621. The molecule has 3 nitrogen and oxygen atoms in total. The number of carbonyl (C=O) groups is 2. The van der Waals surface area contributed by atoms with Gasteiger partial charge in [-0.15, -0.1) is 0 Å². The first-order valence-electron chi connectivity index (χ1n) is 2.23. The number of ketones is 1. The van der Waals surface area contributed by atoms with Crippen molar-refractivity contribution in [2.45, 2.75) is 13.3 Å². The van der Waals surface area contributed by atoms with Crippen molar-refractivity contribution in [3.63, 3.8) is 0 Å². The Balaban J connectivity index is 0. The van der Waals surface area contributed by atoms with Crippen LogP contribution in [0.3, 0.4) is 0 Å². The molecule has 0 bridgehead atoms. The summed E-state index contributed by atoms with van der Waals surface area (Å²) in [5, 5.41) is 0. The maximum atomic E-state index is 10.2. The van der Waals surface area contributed by atoms with Crippen LogP contribution in [0.2, 0.25) is 0 Å². The van der Waals surface area contributed by atoms with E-state index in [1.165, 1.54) is 14.0 Å². The second-order valence-corrected chi connectivity index (χ2v) is 1.45. The molecular formula is C5H8KO3. The van der Waals surface area contributed by atoms with Crippen LogP contribution in [-0.2, 0) is 14.3 Å². The van der Waals surface area contributed by atoms with Crippen LogP contribution in [0, 0.1) is 0 Å². The SMILES string of the molecule is COC(=O)CC(C)=O.[K]. The summed E-state index contributed by atoms with van der Waals surface area (Å²) in [7, 11) is 1.26. The van der Waals surface area contributed by atoms with Gasteiger partial charge in [-0.1, -0.05) is 0 Å². The van der Waals surface area contributed by atoms with Crippen LogP contribution in [0.4, 0.5) is 0 Å². The molecule has 0 spiro atoms. The first-order valence-corrected chi connectivity index (χ1v) is 2.23. The van der Waals surface area contributed by atoms with Gasteiger partial charge in [0.2, 0.25) is 0 Å². The average Bonchev–Trinajstić information content (AvgIpc) is 1.65. The predicted octanol–water partition coefficient (Wildman–Crippen LogP) is -0.242. The van der Waals surface area contributed by atoms with Gasteiger partial charge < -0.3 is 4.74 Å². The molecular weight excluding hydrogens is 147 g/mol. The molecule has 0 atom stereocenters. The summed E-state index contributed by atoms with van der Waals surface area (Å²) >= 11 is 0. The average molecular weight is 155 g/mol. The topological polar surface area (TPSA) is 43.4 Å². The zero-order valence-corrected chi connectivity index (χ0v) is 9.05. The minimum atomic E-state index is -0.475. The second kappa shape index (κ2) is 6.89. The van der Waals surface area contributed by atoms with Crippen molar-refractivity contribution in [3.05, 3.63) is 0 Å². The Hall–Kier alpha value is 0.776. The molecule has 0 aliphatic carbocycles. The minimum Gasteiger partial charge on any atom is -0.469 e. The Kier molecular flexibility index (Phi) is 9.53. The van der Waals surface area contributed by atoms with Gasteiger partial charge in [0.05, 0.1) is 7.11 Å². The summed E-state index contributed by atoms with van der Waals surface area (Å²) in [6.45, 7) is 1.34. The maximum absolute atomic E-state index is 10.2. The van der Waals surface area contributed by atoms with E-state index >= 15 is 0 Å². The van der Waals surface area contributed by atoms with Crippen molar-refractivity contribution >= 4 is 63.1 Å². The molecule has 0 amide bonds. The first kappa shape index (κ1) is 12.5. The molecule has 0 rings (SSSR count). The number of methoxy groups -OCH3 is 1. The Morgan fingerprint density at radius 1 is 1.44 bits per heavy atom. The van der Waals surface area contributed by atoms with Crippen LogP contribution in [0.25, 0.3) is 0 Å². The molecule has 0 aromatic heterocycles. The maximum Gasteiger partial charge on any atom is 0.313 e. The van der Waals surface area contributed by atoms with Crippen LogP contribution in [0.1, 0.15) is 13.3 Å². The molecule has 0 saturated carbocycles. The standard InChI is InChI=1S/C5H8O3.K/c1-4(6)3-5(7)8-2;/h3H2,1-2H3;. The second-order valence-electron chi connectivity index (χ2n) is 1.45. The van der Waals surface area contributed by atoms with E-state index in [1.54, 1.807) is 0 Å². The molecule has 9 heavy (non-hydrogen) atoms. The Morgan fingerprint density at radius 2 is 1.89 bits per heavy atom. The number of carbonyl (C=O) groups excluding carboxylic acids is 2. The van der Waals surface area contributed by atoms with Crippen LogP contribution in [0.15, 0.2) is 0 Å². The summed E-state index contributed by atoms with van der Waals surface area (Å²) in [6.07, 6.45) is -0.115. The van der Waals surface area contributed by atoms with E-state index in [1.807, 2.05) is 0 Å². The molecule has 1 radical (unpaired) electrons. The Bertz CT molecular complexity index is 111. The molecule has 0 fully saturated rings. The van der Waals surface area contributed by atoms with E-state index in [0.717, 1.165) is 0 Å². The number of Topliss-reactive ketones (excluding diaryl/α,β-unsaturated/α-hetero) is 1. The molecule has 0 N–H and O–H groups in total. The predicted molar refractivity (Wildman–Crippen MR) is 33.1 cm³/mol. The van der Waals surface area contributed by atoms with E-state index in [2.05, 4.69) is 4.74 Å². The Labute approximate surface area is 96.6 Å². The normalized spacial score (nSPS) is 7.33. The molecule has 47 valence electrons. The van der Waals surface area contributed by atoms with E-state index < -0.39 is 5.97 Å². The quantitative estimate of drug-likeness (QED) is 0.314. The van der Waals surface area contributed by atoms with Gasteiger partial charge in [0, 0.05) is 51.4 Å². The molecule has 0 saturated heterocycles. The third-order valence-corrected chi connectivity index (χ3v) is 0.621. The zero-order chi connectivity index (χ0) is 6.57. The van der Waals surface area contributed by atoms with E-state index in [-0.39, 0.29) is 63.6 Å². The van der Waals surface area contributed by atoms with Crippen LogP contribution in [-0.4, -0.2) is 70.2 Å². The van der Waals surface area contributed by atoms with Crippen LogP contribution >= 0.6 is 0 Å². The van der Waals surface area contributed by atoms with Crippen LogP contribution < -0.4 is 0 Å². The van der Waals surface area contributed by atoms with Gasteiger partial charge in [0.25, 0.3) is 0 Å².